The molecule has 1 N–H and O–H groups in total. The lowest BCUT2D eigenvalue weighted by Gasteiger charge is -2.17. The number of hydrogen-bond acceptors (Lipinski definition) is 2. The van der Waals surface area contributed by atoms with Gasteiger partial charge in [-0.2, -0.15) is 0 Å². The fourth-order valence-electron chi connectivity index (χ4n) is 2.35. The molecule has 2 aromatic rings. The minimum Gasteiger partial charge on any atom is -0.310 e. The SMILES string of the molecule is CN[C@@H](Cc1ccc2ccccc2c1)C(=O)C(C)C. The van der Waals surface area contributed by atoms with E-state index in [0.29, 0.717) is 0 Å². The van der Waals surface area contributed by atoms with Gasteiger partial charge in [-0.15, -0.1) is 0 Å². The number of fused-ring (bicyclic) bond motifs is 1. The monoisotopic (exact) mass is 255 g/mol. The molecule has 0 heterocycles. The highest BCUT2D eigenvalue weighted by atomic mass is 16.1. The number of Topliss-reactive ketones (excluding diaryl/α,β-unsaturated/α-hetero) is 1. The Balaban J connectivity index is 2.22. The molecular formula is C17H21NO. The van der Waals surface area contributed by atoms with E-state index < -0.39 is 0 Å². The first kappa shape index (κ1) is 13.8. The van der Waals surface area contributed by atoms with Crippen molar-refractivity contribution in [1.29, 1.82) is 0 Å². The Morgan fingerprint density at radius 2 is 1.79 bits per heavy atom. The van der Waals surface area contributed by atoms with Crippen molar-refractivity contribution in [2.24, 2.45) is 5.92 Å². The van der Waals surface area contributed by atoms with E-state index in [9.17, 15) is 4.79 Å². The van der Waals surface area contributed by atoms with Crippen LogP contribution in [0.1, 0.15) is 19.4 Å². The molecule has 0 amide bonds. The molecule has 100 valence electrons. The van der Waals surface area contributed by atoms with Gasteiger partial charge in [-0.25, -0.2) is 0 Å². The molecule has 19 heavy (non-hydrogen) atoms. The van der Waals surface area contributed by atoms with Crippen LogP contribution in [-0.4, -0.2) is 18.9 Å². The fraction of sp³-hybridized carbons (Fsp3) is 0.353. The van der Waals surface area contributed by atoms with Gasteiger partial charge in [-0.3, -0.25) is 4.79 Å². The standard InChI is InChI=1S/C17H21NO/c1-12(2)17(19)16(18-3)11-13-8-9-14-6-4-5-7-15(14)10-13/h4-10,12,16,18H,11H2,1-3H3/t16-/m0/s1. The van der Waals surface area contributed by atoms with E-state index in [0.717, 1.165) is 6.42 Å². The third-order valence-electron chi connectivity index (χ3n) is 3.51. The van der Waals surface area contributed by atoms with Gasteiger partial charge in [0.2, 0.25) is 0 Å². The summed E-state index contributed by atoms with van der Waals surface area (Å²) in [5.74, 6) is 0.341. The molecular weight excluding hydrogens is 234 g/mol. The maximum Gasteiger partial charge on any atom is 0.152 e. The molecule has 0 saturated carbocycles. The normalized spacial score (nSPS) is 12.8. The zero-order chi connectivity index (χ0) is 13.8. The molecule has 2 aromatic carbocycles. The molecule has 0 spiro atoms. The van der Waals surface area contributed by atoms with Crippen LogP contribution in [0.15, 0.2) is 42.5 Å². The zero-order valence-corrected chi connectivity index (χ0v) is 11.8. The first-order chi connectivity index (χ1) is 9.11. The minimum absolute atomic E-state index is 0.0675. The van der Waals surface area contributed by atoms with Crippen molar-refractivity contribution in [3.8, 4) is 0 Å². The van der Waals surface area contributed by atoms with Crippen LogP contribution in [-0.2, 0) is 11.2 Å². The number of benzene rings is 2. The van der Waals surface area contributed by atoms with Crippen molar-refractivity contribution in [3.05, 3.63) is 48.0 Å². The first-order valence-electron chi connectivity index (χ1n) is 6.80. The predicted molar refractivity (Wildman–Crippen MR) is 80.3 cm³/mol. The highest BCUT2D eigenvalue weighted by Crippen LogP contribution is 2.17. The van der Waals surface area contributed by atoms with Crippen molar-refractivity contribution < 1.29 is 4.79 Å². The van der Waals surface area contributed by atoms with Gasteiger partial charge in [0.15, 0.2) is 5.78 Å². The lowest BCUT2D eigenvalue weighted by atomic mass is 9.95. The van der Waals surface area contributed by atoms with Crippen LogP contribution in [0.5, 0.6) is 0 Å². The second kappa shape index (κ2) is 5.98. The largest absolute Gasteiger partial charge is 0.310 e. The van der Waals surface area contributed by atoms with Crippen molar-refractivity contribution in [1.82, 2.24) is 5.32 Å². The molecule has 0 radical (unpaired) electrons. The van der Waals surface area contributed by atoms with Gasteiger partial charge in [-0.05, 0) is 29.8 Å². The molecule has 2 heteroatoms. The Kier molecular flexibility index (Phi) is 4.33. The molecule has 0 fully saturated rings. The Morgan fingerprint density at radius 1 is 1.11 bits per heavy atom. The summed E-state index contributed by atoms with van der Waals surface area (Å²) in [5.41, 5.74) is 1.20. The van der Waals surface area contributed by atoms with E-state index in [-0.39, 0.29) is 17.7 Å². The van der Waals surface area contributed by atoms with Gasteiger partial charge in [0.05, 0.1) is 6.04 Å². The van der Waals surface area contributed by atoms with Crippen LogP contribution < -0.4 is 5.32 Å². The van der Waals surface area contributed by atoms with E-state index in [4.69, 9.17) is 0 Å². The molecule has 0 aliphatic carbocycles. The Bertz CT molecular complexity index is 574. The molecule has 0 bridgehead atoms. The fourth-order valence-corrected chi connectivity index (χ4v) is 2.35. The van der Waals surface area contributed by atoms with Crippen LogP contribution in [0.25, 0.3) is 10.8 Å². The van der Waals surface area contributed by atoms with Crippen molar-refractivity contribution in [2.45, 2.75) is 26.3 Å². The summed E-state index contributed by atoms with van der Waals surface area (Å²) in [7, 11) is 1.85. The molecule has 0 aliphatic rings. The van der Waals surface area contributed by atoms with Crippen molar-refractivity contribution >= 4 is 16.6 Å². The summed E-state index contributed by atoms with van der Waals surface area (Å²) in [6.45, 7) is 3.90. The van der Waals surface area contributed by atoms with Gasteiger partial charge in [-0.1, -0.05) is 56.3 Å². The van der Waals surface area contributed by atoms with Crippen LogP contribution in [0.4, 0.5) is 0 Å². The van der Waals surface area contributed by atoms with E-state index in [1.54, 1.807) is 0 Å². The number of carbonyl (C=O) groups is 1. The first-order valence-corrected chi connectivity index (χ1v) is 6.80. The van der Waals surface area contributed by atoms with Crippen LogP contribution in [0.2, 0.25) is 0 Å². The number of rotatable bonds is 5. The van der Waals surface area contributed by atoms with E-state index in [1.165, 1.54) is 16.3 Å². The predicted octanol–water partition coefficient (Wildman–Crippen LogP) is 3.20. The van der Waals surface area contributed by atoms with Crippen molar-refractivity contribution in [2.75, 3.05) is 7.05 Å². The molecule has 0 saturated heterocycles. The zero-order valence-electron chi connectivity index (χ0n) is 11.8. The average Bonchev–Trinajstić information content (AvgIpc) is 2.43. The van der Waals surface area contributed by atoms with Crippen LogP contribution in [0.3, 0.4) is 0 Å². The summed E-state index contributed by atoms with van der Waals surface area (Å²) in [4.78, 5) is 12.1. The second-order valence-corrected chi connectivity index (χ2v) is 5.28. The molecule has 1 atom stereocenters. The molecule has 2 nitrogen and oxygen atoms in total. The van der Waals surface area contributed by atoms with Gasteiger partial charge in [0.25, 0.3) is 0 Å². The number of carbonyl (C=O) groups excluding carboxylic acids is 1. The number of likely N-dealkylation sites (N-methyl/N-ethyl adjacent to an activating group) is 1. The third-order valence-corrected chi connectivity index (χ3v) is 3.51. The van der Waals surface area contributed by atoms with Gasteiger partial charge >= 0.3 is 0 Å². The summed E-state index contributed by atoms with van der Waals surface area (Å²) < 4.78 is 0. The highest BCUT2D eigenvalue weighted by Gasteiger charge is 2.19. The summed E-state index contributed by atoms with van der Waals surface area (Å²) in [6.07, 6.45) is 0.748. The van der Waals surface area contributed by atoms with Gasteiger partial charge in [0, 0.05) is 5.92 Å². The Labute approximate surface area is 114 Å². The topological polar surface area (TPSA) is 29.1 Å². The quantitative estimate of drug-likeness (QED) is 0.889. The average molecular weight is 255 g/mol. The molecule has 2 rings (SSSR count). The second-order valence-electron chi connectivity index (χ2n) is 5.28. The van der Waals surface area contributed by atoms with Crippen LogP contribution >= 0.6 is 0 Å². The Hall–Kier alpha value is -1.67. The highest BCUT2D eigenvalue weighted by molar-refractivity contribution is 5.86. The van der Waals surface area contributed by atoms with E-state index in [2.05, 4.69) is 35.6 Å². The number of hydrogen-bond donors (Lipinski definition) is 1. The van der Waals surface area contributed by atoms with Gasteiger partial charge in [0.1, 0.15) is 0 Å². The molecule has 0 aromatic heterocycles. The molecule has 0 aliphatic heterocycles. The van der Waals surface area contributed by atoms with E-state index in [1.807, 2.05) is 33.0 Å². The summed E-state index contributed by atoms with van der Waals surface area (Å²) >= 11 is 0. The van der Waals surface area contributed by atoms with E-state index >= 15 is 0 Å². The number of nitrogens with one attached hydrogen (secondary N) is 1. The Morgan fingerprint density at radius 3 is 2.42 bits per heavy atom. The van der Waals surface area contributed by atoms with Gasteiger partial charge < -0.3 is 5.32 Å². The van der Waals surface area contributed by atoms with Crippen LogP contribution in [0, 0.1) is 5.92 Å². The number of ketones is 1. The third kappa shape index (κ3) is 3.21. The molecule has 0 unspecified atom stereocenters. The minimum atomic E-state index is -0.0961. The lowest BCUT2D eigenvalue weighted by Crippen LogP contribution is -2.38. The smallest absolute Gasteiger partial charge is 0.152 e. The summed E-state index contributed by atoms with van der Waals surface area (Å²) in [5, 5.41) is 5.60. The van der Waals surface area contributed by atoms with Crippen molar-refractivity contribution in [3.63, 3.8) is 0 Å². The maximum absolute atomic E-state index is 12.1. The lowest BCUT2D eigenvalue weighted by molar-refractivity contribution is -0.123. The maximum atomic E-state index is 12.1. The summed E-state index contributed by atoms with van der Waals surface area (Å²) in [6, 6.07) is 14.6.